The van der Waals surface area contributed by atoms with Crippen LogP contribution in [0.5, 0.6) is 5.75 Å². The lowest BCUT2D eigenvalue weighted by atomic mass is 9.97. The van der Waals surface area contributed by atoms with Crippen molar-refractivity contribution in [2.45, 2.75) is 19.4 Å². The summed E-state index contributed by atoms with van der Waals surface area (Å²) in [6, 6.07) is 11.2. The molecule has 1 fully saturated rings. The predicted molar refractivity (Wildman–Crippen MR) is 130 cm³/mol. The summed E-state index contributed by atoms with van der Waals surface area (Å²) in [5.74, 6) is 4.60. The van der Waals surface area contributed by atoms with Gasteiger partial charge in [-0.2, -0.15) is 0 Å². The number of alkyl halides is 1. The zero-order chi connectivity index (χ0) is 25.7. The van der Waals surface area contributed by atoms with E-state index in [1.807, 2.05) is 4.90 Å². The number of halogens is 3. The van der Waals surface area contributed by atoms with Crippen molar-refractivity contribution < 1.29 is 23.1 Å². The third-order valence-electron chi connectivity index (χ3n) is 6.06. The lowest BCUT2D eigenvalue weighted by Gasteiger charge is -2.21. The van der Waals surface area contributed by atoms with Crippen molar-refractivity contribution in [1.82, 2.24) is 15.2 Å². The van der Waals surface area contributed by atoms with Crippen LogP contribution in [-0.4, -0.2) is 47.2 Å². The van der Waals surface area contributed by atoms with Crippen LogP contribution in [0.3, 0.4) is 0 Å². The average Bonchev–Trinajstić information content (AvgIpc) is 3.31. The third kappa shape index (κ3) is 6.23. The smallest absolute Gasteiger partial charge is 0.270 e. The monoisotopic (exact) mass is 493 g/mol. The van der Waals surface area contributed by atoms with Crippen LogP contribution in [0.15, 0.2) is 54.6 Å². The summed E-state index contributed by atoms with van der Waals surface area (Å²) in [5, 5.41) is 13.2. The fraction of sp³-hybridized carbons (Fsp3) is 0.286. The summed E-state index contributed by atoms with van der Waals surface area (Å²) < 4.78 is 40.1. The van der Waals surface area contributed by atoms with Crippen molar-refractivity contribution in [3.8, 4) is 17.6 Å². The van der Waals surface area contributed by atoms with Gasteiger partial charge in [-0.1, -0.05) is 24.0 Å². The molecule has 186 valence electrons. The number of nitrogens with zero attached hydrogens (tertiary/aromatic N) is 2. The van der Waals surface area contributed by atoms with Gasteiger partial charge in [0.1, 0.15) is 29.8 Å². The Hall–Kier alpha value is -3.83. The number of hydrogen-bond acceptors (Lipinski definition) is 4. The van der Waals surface area contributed by atoms with Crippen LogP contribution in [-0.2, 0) is 0 Å². The van der Waals surface area contributed by atoms with Gasteiger partial charge in [0.05, 0.1) is 6.04 Å². The molecule has 36 heavy (non-hydrogen) atoms. The van der Waals surface area contributed by atoms with Crippen molar-refractivity contribution in [3.05, 3.63) is 94.3 Å². The molecule has 0 spiro atoms. The second kappa shape index (κ2) is 11.3. The number of carbonyl (C=O) groups excluding carboxylic acids is 1. The predicted octanol–water partition coefficient (Wildman–Crippen LogP) is 4.54. The summed E-state index contributed by atoms with van der Waals surface area (Å²) in [4.78, 5) is 19.6. The molecule has 4 rings (SSSR count). The van der Waals surface area contributed by atoms with Gasteiger partial charge in [-0.3, -0.25) is 9.69 Å². The van der Waals surface area contributed by atoms with Crippen molar-refractivity contribution >= 4 is 5.91 Å². The van der Waals surface area contributed by atoms with Crippen LogP contribution >= 0.6 is 0 Å². The summed E-state index contributed by atoms with van der Waals surface area (Å²) in [6.45, 7) is 3.30. The van der Waals surface area contributed by atoms with Crippen molar-refractivity contribution in [2.75, 3.05) is 26.3 Å². The number of hydrogen-bond donors (Lipinski definition) is 2. The van der Waals surface area contributed by atoms with Crippen LogP contribution in [0, 0.1) is 36.3 Å². The Labute approximate surface area is 208 Å². The van der Waals surface area contributed by atoms with E-state index in [-0.39, 0.29) is 29.6 Å². The number of aryl methyl sites for hydroxylation is 1. The first kappa shape index (κ1) is 25.3. The molecule has 1 saturated heterocycles. The fourth-order valence-corrected chi connectivity index (χ4v) is 4.27. The number of aromatic hydroxyl groups is 1. The molecule has 2 atom stereocenters. The highest BCUT2D eigenvalue weighted by molar-refractivity contribution is 5.93. The lowest BCUT2D eigenvalue weighted by molar-refractivity contribution is 0.0937. The first-order valence-electron chi connectivity index (χ1n) is 11.7. The summed E-state index contributed by atoms with van der Waals surface area (Å²) in [7, 11) is 0. The van der Waals surface area contributed by atoms with Crippen LogP contribution in [0.1, 0.15) is 45.3 Å². The summed E-state index contributed by atoms with van der Waals surface area (Å²) in [5.41, 5.74) is 1.89. The highest BCUT2D eigenvalue weighted by atomic mass is 19.1. The minimum absolute atomic E-state index is 0.104. The van der Waals surface area contributed by atoms with Crippen LogP contribution < -0.4 is 5.32 Å². The number of rotatable bonds is 6. The fourth-order valence-electron chi connectivity index (χ4n) is 4.27. The number of likely N-dealkylation sites (tertiary alicyclic amines) is 1. The highest BCUT2D eigenvalue weighted by Crippen LogP contribution is 2.30. The van der Waals surface area contributed by atoms with Gasteiger partial charge < -0.3 is 10.4 Å². The van der Waals surface area contributed by atoms with E-state index in [1.165, 1.54) is 30.3 Å². The van der Waals surface area contributed by atoms with Gasteiger partial charge in [0.25, 0.3) is 5.91 Å². The van der Waals surface area contributed by atoms with Gasteiger partial charge >= 0.3 is 0 Å². The second-order valence-corrected chi connectivity index (χ2v) is 8.79. The highest BCUT2D eigenvalue weighted by Gasteiger charge is 2.23. The maximum Gasteiger partial charge on any atom is 0.270 e. The number of amides is 1. The Balaban J connectivity index is 1.59. The molecule has 1 aliphatic rings. The molecule has 0 bridgehead atoms. The van der Waals surface area contributed by atoms with Gasteiger partial charge in [-0.05, 0) is 67.9 Å². The van der Waals surface area contributed by atoms with Crippen LogP contribution in [0.4, 0.5) is 13.2 Å². The van der Waals surface area contributed by atoms with E-state index in [0.717, 1.165) is 25.1 Å². The molecule has 1 unspecified atom stereocenters. The van der Waals surface area contributed by atoms with E-state index in [2.05, 4.69) is 22.1 Å². The first-order chi connectivity index (χ1) is 17.3. The molecule has 2 heterocycles. The van der Waals surface area contributed by atoms with Crippen LogP contribution in [0.2, 0.25) is 0 Å². The molecular weight excluding hydrogens is 467 g/mol. The molecule has 1 amide bonds. The Morgan fingerprint density at radius 3 is 2.67 bits per heavy atom. The Kier molecular flexibility index (Phi) is 7.91. The molecule has 8 heteroatoms. The average molecular weight is 494 g/mol. The quantitative estimate of drug-likeness (QED) is 0.495. The lowest BCUT2D eigenvalue weighted by Crippen LogP contribution is -2.30. The number of nitrogens with one attached hydrogen (secondary N) is 1. The van der Waals surface area contributed by atoms with Gasteiger partial charge in [0.15, 0.2) is 0 Å². The SMILES string of the molecule is Cc1cc(C#C[C@@H]2CCN(CCF)C2)cc(C(=O)NC(c2ccc(F)cc2)c2cc(F)ccc2O)n1. The summed E-state index contributed by atoms with van der Waals surface area (Å²) in [6.07, 6.45) is 0.862. The van der Waals surface area contributed by atoms with Gasteiger partial charge in [-0.25, -0.2) is 18.2 Å². The van der Waals surface area contributed by atoms with Crippen molar-refractivity contribution in [2.24, 2.45) is 5.92 Å². The number of aromatic nitrogens is 1. The van der Waals surface area contributed by atoms with E-state index in [9.17, 15) is 23.1 Å². The van der Waals surface area contributed by atoms with E-state index in [0.29, 0.717) is 29.9 Å². The van der Waals surface area contributed by atoms with Gasteiger partial charge in [-0.15, -0.1) is 0 Å². The minimum Gasteiger partial charge on any atom is -0.508 e. The van der Waals surface area contributed by atoms with Gasteiger partial charge in [0.2, 0.25) is 0 Å². The number of phenols is 1. The van der Waals surface area contributed by atoms with E-state index >= 15 is 0 Å². The number of pyridine rings is 1. The standard InChI is InChI=1S/C28H26F3N3O2/c1-18-14-20(3-2-19-10-12-34(17-19)13-11-29)15-25(32-18)28(36)33-27(21-4-6-22(30)7-5-21)24-16-23(31)8-9-26(24)35/h4-9,14-16,19,27,35H,10-13,17H2,1H3,(H,33,36)/t19-,27?/m1/s1. The second-order valence-electron chi connectivity index (χ2n) is 8.79. The minimum atomic E-state index is -0.953. The van der Waals surface area contributed by atoms with E-state index in [1.54, 1.807) is 19.1 Å². The number of benzene rings is 2. The molecule has 0 radical (unpaired) electrons. The number of phenolic OH excluding ortho intramolecular Hbond substituents is 1. The molecule has 0 saturated carbocycles. The zero-order valence-corrected chi connectivity index (χ0v) is 19.8. The van der Waals surface area contributed by atoms with E-state index in [4.69, 9.17) is 0 Å². The molecule has 1 aliphatic heterocycles. The molecular formula is C28H26F3N3O2. The first-order valence-corrected chi connectivity index (χ1v) is 11.7. The Bertz CT molecular complexity index is 1300. The Morgan fingerprint density at radius 2 is 1.92 bits per heavy atom. The number of carbonyl (C=O) groups is 1. The maximum atomic E-state index is 14.0. The normalized spacial score (nSPS) is 16.3. The van der Waals surface area contributed by atoms with Crippen molar-refractivity contribution in [3.63, 3.8) is 0 Å². The van der Waals surface area contributed by atoms with Gasteiger partial charge in [0, 0.05) is 35.8 Å². The maximum absolute atomic E-state index is 14.0. The topological polar surface area (TPSA) is 65.5 Å². The van der Waals surface area contributed by atoms with E-state index < -0.39 is 23.6 Å². The van der Waals surface area contributed by atoms with Crippen LogP contribution in [0.25, 0.3) is 0 Å². The molecule has 0 aliphatic carbocycles. The van der Waals surface area contributed by atoms with Crippen molar-refractivity contribution in [1.29, 1.82) is 0 Å². The molecule has 2 aromatic carbocycles. The molecule has 3 aromatic rings. The Morgan fingerprint density at radius 1 is 1.17 bits per heavy atom. The molecule has 5 nitrogen and oxygen atoms in total. The third-order valence-corrected chi connectivity index (χ3v) is 6.06. The summed E-state index contributed by atoms with van der Waals surface area (Å²) >= 11 is 0. The largest absolute Gasteiger partial charge is 0.508 e. The molecule has 2 N–H and O–H groups in total. The molecule has 1 aromatic heterocycles. The zero-order valence-electron chi connectivity index (χ0n) is 19.8.